The number of likely N-dealkylation sites (tertiary alicyclic amines) is 2. The number of aliphatic hydroxyl groups is 1. The van der Waals surface area contributed by atoms with Crippen LogP contribution in [0.2, 0.25) is 10.0 Å². The van der Waals surface area contributed by atoms with Crippen LogP contribution in [0.1, 0.15) is 66.8 Å². The van der Waals surface area contributed by atoms with Gasteiger partial charge in [0.2, 0.25) is 0 Å². The first-order chi connectivity index (χ1) is 24.8. The quantitative estimate of drug-likeness (QED) is 0.129. The van der Waals surface area contributed by atoms with Crippen molar-refractivity contribution in [2.45, 2.75) is 77.9 Å². The number of hydrogen-bond acceptors (Lipinski definition) is 8. The average molecular weight is 730 g/mol. The van der Waals surface area contributed by atoms with Crippen LogP contribution in [0.25, 0.3) is 11.1 Å². The van der Waals surface area contributed by atoms with E-state index in [2.05, 4.69) is 40.8 Å². The highest BCUT2D eigenvalue weighted by Crippen LogP contribution is 2.39. The van der Waals surface area contributed by atoms with Gasteiger partial charge >= 0.3 is 0 Å². The normalized spacial score (nSPS) is 18.0. The molecule has 3 aromatic carbocycles. The number of pyridine rings is 1. The Morgan fingerprint density at radius 1 is 0.902 bits per heavy atom. The summed E-state index contributed by atoms with van der Waals surface area (Å²) in [4.78, 5) is 8.93. The molecule has 0 amide bonds. The lowest BCUT2D eigenvalue weighted by Crippen LogP contribution is -2.36. The van der Waals surface area contributed by atoms with Crippen LogP contribution in [-0.2, 0) is 19.8 Å². The molecule has 10 heteroatoms. The lowest BCUT2D eigenvalue weighted by atomic mass is 9.98. The second kappa shape index (κ2) is 17.6. The molecular weight excluding hydrogens is 683 g/mol. The van der Waals surface area contributed by atoms with Gasteiger partial charge in [0.25, 0.3) is 0 Å². The maximum absolute atomic E-state index is 9.79. The van der Waals surface area contributed by atoms with Gasteiger partial charge in [-0.05, 0) is 75.4 Å². The summed E-state index contributed by atoms with van der Waals surface area (Å²) in [6.45, 7) is 9.73. The highest BCUT2D eigenvalue weighted by Gasteiger charge is 2.22. The van der Waals surface area contributed by atoms with Crippen molar-refractivity contribution >= 4 is 23.2 Å². The highest BCUT2D eigenvalue weighted by molar-refractivity contribution is 6.34. The number of ether oxygens (including phenoxy) is 3. The number of nitriles is 1. The zero-order valence-electron chi connectivity index (χ0n) is 29.4. The highest BCUT2D eigenvalue weighted by atomic mass is 35.5. The first-order valence-corrected chi connectivity index (χ1v) is 18.6. The Kier molecular flexibility index (Phi) is 12.7. The molecule has 0 saturated carbocycles. The Balaban J connectivity index is 1.17. The van der Waals surface area contributed by atoms with Gasteiger partial charge in [0, 0.05) is 72.9 Å². The van der Waals surface area contributed by atoms with Crippen molar-refractivity contribution in [3.8, 4) is 34.4 Å². The molecule has 0 spiro atoms. The zero-order valence-corrected chi connectivity index (χ0v) is 30.9. The van der Waals surface area contributed by atoms with Gasteiger partial charge in [-0.25, -0.2) is 0 Å². The number of aromatic nitrogens is 1. The van der Waals surface area contributed by atoms with Crippen LogP contribution in [0.15, 0.2) is 67.0 Å². The van der Waals surface area contributed by atoms with Crippen molar-refractivity contribution in [1.29, 1.82) is 5.26 Å². The first kappa shape index (κ1) is 36.9. The Bertz CT molecular complexity index is 1850. The number of hydrogen-bond donors (Lipinski definition) is 1. The molecule has 6 rings (SSSR count). The van der Waals surface area contributed by atoms with Crippen molar-refractivity contribution in [1.82, 2.24) is 14.8 Å². The van der Waals surface area contributed by atoms with E-state index in [1.807, 2.05) is 42.5 Å². The topological polar surface area (TPSA) is 91.1 Å². The van der Waals surface area contributed by atoms with E-state index in [1.54, 1.807) is 12.3 Å². The van der Waals surface area contributed by atoms with Crippen molar-refractivity contribution < 1.29 is 19.3 Å². The smallest absolute Gasteiger partial charge is 0.142 e. The zero-order chi connectivity index (χ0) is 35.7. The molecule has 2 aliphatic rings. The molecule has 2 aliphatic heterocycles. The fourth-order valence-electron chi connectivity index (χ4n) is 6.95. The number of rotatable bonds is 14. The second-order valence-corrected chi connectivity index (χ2v) is 14.4. The van der Waals surface area contributed by atoms with E-state index in [9.17, 15) is 10.4 Å². The standard InChI is InChI=1S/C41H46Cl2N4O4/c1-28-8-3-4-15-47(28)24-33-19-37(42)40(20-39(33)50-26-31-18-30(21-44)22-45-23-31)51-27-32-9-5-11-36(41(32)43)35-10-6-12-38(29(35)2)49-17-7-14-46-16-13-34(48)25-46/h5-6,9-12,18-20,22-23,28,34,48H,3-4,7-8,13-17,24-27H2,1-2H3/t28-,34+/m1/s1. The van der Waals surface area contributed by atoms with E-state index >= 15 is 0 Å². The third-order valence-electron chi connectivity index (χ3n) is 9.91. The van der Waals surface area contributed by atoms with E-state index in [-0.39, 0.29) is 19.3 Å². The SMILES string of the molecule is Cc1c(OCCCN2CC[C@H](O)C2)cccc1-c1cccc(COc2cc(OCc3cncc(C#N)c3)c(CN3CCCC[C@H]3C)cc2Cl)c1Cl. The molecule has 268 valence electrons. The van der Waals surface area contributed by atoms with Crippen molar-refractivity contribution in [3.05, 3.63) is 105 Å². The van der Waals surface area contributed by atoms with E-state index in [4.69, 9.17) is 37.4 Å². The molecule has 51 heavy (non-hydrogen) atoms. The number of benzene rings is 3. The summed E-state index contributed by atoms with van der Waals surface area (Å²) in [6.07, 6.45) is 8.36. The molecule has 0 aliphatic carbocycles. The molecule has 2 atom stereocenters. The Morgan fingerprint density at radius 3 is 2.53 bits per heavy atom. The molecule has 0 bridgehead atoms. The Hall–Kier alpha value is -3.84. The third kappa shape index (κ3) is 9.54. The molecule has 1 N–H and O–H groups in total. The summed E-state index contributed by atoms with van der Waals surface area (Å²) in [6, 6.07) is 20.2. The molecule has 3 heterocycles. The summed E-state index contributed by atoms with van der Waals surface area (Å²) in [5.41, 5.74) is 6.04. The molecule has 8 nitrogen and oxygen atoms in total. The molecule has 1 aromatic heterocycles. The predicted octanol–water partition coefficient (Wildman–Crippen LogP) is 8.60. The monoisotopic (exact) mass is 728 g/mol. The van der Waals surface area contributed by atoms with Crippen LogP contribution < -0.4 is 14.2 Å². The van der Waals surface area contributed by atoms with Crippen molar-refractivity contribution in [3.63, 3.8) is 0 Å². The molecule has 0 radical (unpaired) electrons. The summed E-state index contributed by atoms with van der Waals surface area (Å²) in [5, 5.41) is 20.2. The minimum absolute atomic E-state index is 0.207. The minimum Gasteiger partial charge on any atom is -0.493 e. The average Bonchev–Trinajstić information content (AvgIpc) is 3.56. The maximum atomic E-state index is 9.79. The van der Waals surface area contributed by atoms with Gasteiger partial charge in [-0.3, -0.25) is 9.88 Å². The number of halogens is 2. The van der Waals surface area contributed by atoms with Crippen LogP contribution in [0.5, 0.6) is 17.2 Å². The van der Waals surface area contributed by atoms with Gasteiger partial charge in [0.1, 0.15) is 36.5 Å². The second-order valence-electron chi connectivity index (χ2n) is 13.6. The van der Waals surface area contributed by atoms with E-state index in [1.165, 1.54) is 25.5 Å². The molecule has 0 unspecified atom stereocenters. The van der Waals surface area contributed by atoms with E-state index in [0.717, 1.165) is 78.2 Å². The Labute approximate surface area is 311 Å². The van der Waals surface area contributed by atoms with Gasteiger partial charge in [-0.15, -0.1) is 0 Å². The van der Waals surface area contributed by atoms with Crippen LogP contribution in [-0.4, -0.2) is 64.8 Å². The summed E-state index contributed by atoms with van der Waals surface area (Å²) >= 11 is 13.9. The van der Waals surface area contributed by atoms with Gasteiger partial charge in [-0.2, -0.15) is 5.26 Å². The number of piperidine rings is 1. The van der Waals surface area contributed by atoms with Gasteiger partial charge in [0.15, 0.2) is 0 Å². The number of nitrogens with zero attached hydrogens (tertiary/aromatic N) is 4. The summed E-state index contributed by atoms with van der Waals surface area (Å²) in [5.74, 6) is 2.02. The number of β-amino-alcohol motifs (C(OH)–C–C–N with tert-alkyl or cyclic N) is 1. The van der Waals surface area contributed by atoms with Crippen molar-refractivity contribution in [2.75, 3.05) is 32.8 Å². The molecule has 2 saturated heterocycles. The van der Waals surface area contributed by atoms with Crippen molar-refractivity contribution in [2.24, 2.45) is 0 Å². The fourth-order valence-corrected chi connectivity index (χ4v) is 7.47. The summed E-state index contributed by atoms with van der Waals surface area (Å²) in [7, 11) is 0. The van der Waals surface area contributed by atoms with Gasteiger partial charge < -0.3 is 24.2 Å². The summed E-state index contributed by atoms with van der Waals surface area (Å²) < 4.78 is 18.9. The van der Waals surface area contributed by atoms with Crippen LogP contribution >= 0.6 is 23.2 Å². The first-order valence-electron chi connectivity index (χ1n) is 17.9. The largest absolute Gasteiger partial charge is 0.493 e. The van der Waals surface area contributed by atoms with Crippen LogP contribution in [0, 0.1) is 18.3 Å². The van der Waals surface area contributed by atoms with E-state index in [0.29, 0.717) is 46.3 Å². The number of aliphatic hydroxyl groups excluding tert-OH is 1. The fraction of sp³-hybridized carbons (Fsp3) is 0.415. The predicted molar refractivity (Wildman–Crippen MR) is 202 cm³/mol. The van der Waals surface area contributed by atoms with Gasteiger partial charge in [-0.1, -0.05) is 60.0 Å². The van der Waals surface area contributed by atoms with Crippen LogP contribution in [0.3, 0.4) is 0 Å². The Morgan fingerprint density at radius 2 is 1.73 bits per heavy atom. The lowest BCUT2D eigenvalue weighted by Gasteiger charge is -2.33. The lowest BCUT2D eigenvalue weighted by molar-refractivity contribution is 0.150. The third-order valence-corrected chi connectivity index (χ3v) is 10.6. The molecule has 4 aromatic rings. The minimum atomic E-state index is -0.207. The van der Waals surface area contributed by atoms with E-state index < -0.39 is 0 Å². The maximum Gasteiger partial charge on any atom is 0.142 e. The van der Waals surface area contributed by atoms with Crippen LogP contribution in [0.4, 0.5) is 0 Å². The van der Waals surface area contributed by atoms with Gasteiger partial charge in [0.05, 0.1) is 28.3 Å². The molecule has 2 fully saturated rings. The molecular formula is C41H46Cl2N4O4.